The lowest BCUT2D eigenvalue weighted by Crippen LogP contribution is -2.40. The SMILES string of the molecule is CNCC1CCN(CC(=O)Nc2nc3ccccc3s2)CC1. The summed E-state index contributed by atoms with van der Waals surface area (Å²) in [4.78, 5) is 18.8. The lowest BCUT2D eigenvalue weighted by molar-refractivity contribution is -0.117. The van der Waals surface area contributed by atoms with Crippen molar-refractivity contribution in [2.75, 3.05) is 38.5 Å². The van der Waals surface area contributed by atoms with Gasteiger partial charge in [-0.05, 0) is 57.6 Å². The smallest absolute Gasteiger partial charge is 0.240 e. The summed E-state index contributed by atoms with van der Waals surface area (Å²) in [6.45, 7) is 3.53. The largest absolute Gasteiger partial charge is 0.319 e. The standard InChI is InChI=1S/C16H22N4OS/c1-17-10-12-6-8-20(9-7-12)11-15(21)19-16-18-13-4-2-3-5-14(13)22-16/h2-5,12,17H,6-11H2,1H3,(H,18,19,21). The van der Waals surface area contributed by atoms with E-state index in [-0.39, 0.29) is 5.91 Å². The molecule has 22 heavy (non-hydrogen) atoms. The van der Waals surface area contributed by atoms with Gasteiger partial charge in [0.05, 0.1) is 16.8 Å². The summed E-state index contributed by atoms with van der Waals surface area (Å²) in [5.41, 5.74) is 0.940. The number of hydrogen-bond donors (Lipinski definition) is 2. The molecule has 1 saturated heterocycles. The first-order valence-corrected chi connectivity index (χ1v) is 8.58. The van der Waals surface area contributed by atoms with Crippen molar-refractivity contribution in [3.8, 4) is 0 Å². The molecule has 118 valence electrons. The van der Waals surface area contributed by atoms with E-state index in [1.807, 2.05) is 31.3 Å². The van der Waals surface area contributed by atoms with Crippen LogP contribution in [0.2, 0.25) is 0 Å². The van der Waals surface area contributed by atoms with E-state index in [0.717, 1.165) is 48.6 Å². The quantitative estimate of drug-likeness (QED) is 0.887. The highest BCUT2D eigenvalue weighted by atomic mass is 32.1. The summed E-state index contributed by atoms with van der Waals surface area (Å²) in [7, 11) is 2.00. The highest BCUT2D eigenvalue weighted by Crippen LogP contribution is 2.25. The monoisotopic (exact) mass is 318 g/mol. The topological polar surface area (TPSA) is 57.3 Å². The first kappa shape index (κ1) is 15.4. The molecule has 2 N–H and O–H groups in total. The van der Waals surface area contributed by atoms with Gasteiger partial charge in [-0.2, -0.15) is 0 Å². The molecule has 0 spiro atoms. The number of nitrogens with one attached hydrogen (secondary N) is 2. The number of nitrogens with zero attached hydrogens (tertiary/aromatic N) is 2. The van der Waals surface area contributed by atoms with Crippen LogP contribution in [0.4, 0.5) is 5.13 Å². The predicted molar refractivity (Wildman–Crippen MR) is 91.3 cm³/mol. The minimum atomic E-state index is 0.0334. The van der Waals surface area contributed by atoms with Crippen molar-refractivity contribution < 1.29 is 4.79 Å². The maximum atomic E-state index is 12.2. The molecule has 2 heterocycles. The summed E-state index contributed by atoms with van der Waals surface area (Å²) >= 11 is 1.52. The van der Waals surface area contributed by atoms with Crippen LogP contribution < -0.4 is 10.6 Å². The molecule has 1 aliphatic rings. The molecule has 2 aromatic rings. The van der Waals surface area contributed by atoms with Gasteiger partial charge in [0.25, 0.3) is 0 Å². The fourth-order valence-electron chi connectivity index (χ4n) is 2.92. The summed E-state index contributed by atoms with van der Waals surface area (Å²) in [5, 5.41) is 6.85. The van der Waals surface area contributed by atoms with Crippen molar-refractivity contribution in [1.82, 2.24) is 15.2 Å². The second-order valence-electron chi connectivity index (χ2n) is 5.81. The van der Waals surface area contributed by atoms with Crippen LogP contribution in [0.3, 0.4) is 0 Å². The van der Waals surface area contributed by atoms with Crippen molar-refractivity contribution in [3.63, 3.8) is 0 Å². The highest BCUT2D eigenvalue weighted by molar-refractivity contribution is 7.22. The van der Waals surface area contributed by atoms with Crippen LogP contribution in [0, 0.1) is 5.92 Å². The highest BCUT2D eigenvalue weighted by Gasteiger charge is 2.20. The number of likely N-dealkylation sites (tertiary alicyclic amines) is 1. The molecule has 0 bridgehead atoms. The Hall–Kier alpha value is -1.50. The zero-order valence-corrected chi connectivity index (χ0v) is 13.7. The van der Waals surface area contributed by atoms with Crippen molar-refractivity contribution in [2.24, 2.45) is 5.92 Å². The average molecular weight is 318 g/mol. The second kappa shape index (κ2) is 7.17. The third-order valence-electron chi connectivity index (χ3n) is 4.11. The summed E-state index contributed by atoms with van der Waals surface area (Å²) < 4.78 is 1.10. The Bertz CT molecular complexity index is 601. The number of fused-ring (bicyclic) bond motifs is 1. The predicted octanol–water partition coefficient (Wildman–Crippen LogP) is 2.17. The van der Waals surface area contributed by atoms with Gasteiger partial charge in [-0.3, -0.25) is 9.69 Å². The lowest BCUT2D eigenvalue weighted by atomic mass is 9.97. The Morgan fingerprint density at radius 1 is 1.36 bits per heavy atom. The van der Waals surface area contributed by atoms with E-state index in [1.54, 1.807) is 0 Å². The molecule has 1 aromatic carbocycles. The van der Waals surface area contributed by atoms with Crippen LogP contribution in [0.5, 0.6) is 0 Å². The number of carbonyl (C=O) groups excluding carboxylic acids is 1. The van der Waals surface area contributed by atoms with E-state index < -0.39 is 0 Å². The summed E-state index contributed by atoms with van der Waals surface area (Å²) in [5.74, 6) is 0.777. The number of amides is 1. The molecule has 0 saturated carbocycles. The molecule has 0 aliphatic carbocycles. The van der Waals surface area contributed by atoms with Crippen molar-refractivity contribution in [3.05, 3.63) is 24.3 Å². The van der Waals surface area contributed by atoms with E-state index in [2.05, 4.69) is 20.5 Å². The van der Waals surface area contributed by atoms with Gasteiger partial charge in [-0.15, -0.1) is 0 Å². The van der Waals surface area contributed by atoms with E-state index in [1.165, 1.54) is 11.3 Å². The maximum Gasteiger partial charge on any atom is 0.240 e. The van der Waals surface area contributed by atoms with Crippen molar-refractivity contribution >= 4 is 32.6 Å². The molecule has 1 fully saturated rings. The van der Waals surface area contributed by atoms with Crippen LogP contribution in [0.1, 0.15) is 12.8 Å². The average Bonchev–Trinajstić information content (AvgIpc) is 2.91. The van der Waals surface area contributed by atoms with Gasteiger partial charge in [-0.1, -0.05) is 23.5 Å². The number of aromatic nitrogens is 1. The fraction of sp³-hybridized carbons (Fsp3) is 0.500. The zero-order valence-electron chi connectivity index (χ0n) is 12.8. The van der Waals surface area contributed by atoms with Gasteiger partial charge >= 0.3 is 0 Å². The Kier molecular flexibility index (Phi) is 5.02. The Morgan fingerprint density at radius 2 is 2.14 bits per heavy atom. The third kappa shape index (κ3) is 3.82. The molecule has 0 radical (unpaired) electrons. The van der Waals surface area contributed by atoms with E-state index in [4.69, 9.17) is 0 Å². The molecule has 1 aliphatic heterocycles. The van der Waals surface area contributed by atoms with Gasteiger partial charge in [0.15, 0.2) is 5.13 Å². The van der Waals surface area contributed by atoms with Gasteiger partial charge in [0.1, 0.15) is 0 Å². The minimum absolute atomic E-state index is 0.0334. The van der Waals surface area contributed by atoms with E-state index >= 15 is 0 Å². The Labute approximate surface area is 134 Å². The molecule has 0 atom stereocenters. The van der Waals surface area contributed by atoms with Crippen LogP contribution in [-0.2, 0) is 4.79 Å². The summed E-state index contributed by atoms with van der Waals surface area (Å²) in [6, 6.07) is 7.94. The number of thiazole rings is 1. The van der Waals surface area contributed by atoms with Crippen LogP contribution in [0.15, 0.2) is 24.3 Å². The fourth-order valence-corrected chi connectivity index (χ4v) is 3.81. The molecule has 1 amide bonds. The molecular weight excluding hydrogens is 296 g/mol. The number of anilines is 1. The lowest BCUT2D eigenvalue weighted by Gasteiger charge is -2.31. The van der Waals surface area contributed by atoms with Crippen LogP contribution in [-0.4, -0.2) is 49.0 Å². The number of rotatable bonds is 5. The third-order valence-corrected chi connectivity index (χ3v) is 5.06. The van der Waals surface area contributed by atoms with Crippen LogP contribution in [0.25, 0.3) is 10.2 Å². The first-order chi connectivity index (χ1) is 10.7. The zero-order chi connectivity index (χ0) is 15.4. The second-order valence-corrected chi connectivity index (χ2v) is 6.84. The molecular formula is C16H22N4OS. The maximum absolute atomic E-state index is 12.2. The molecule has 5 nitrogen and oxygen atoms in total. The summed E-state index contributed by atoms with van der Waals surface area (Å²) in [6.07, 6.45) is 2.32. The first-order valence-electron chi connectivity index (χ1n) is 7.77. The number of benzene rings is 1. The van der Waals surface area contributed by atoms with Gasteiger partial charge in [0.2, 0.25) is 5.91 Å². The molecule has 0 unspecified atom stereocenters. The number of piperidine rings is 1. The van der Waals surface area contributed by atoms with Gasteiger partial charge in [-0.25, -0.2) is 4.98 Å². The van der Waals surface area contributed by atoms with E-state index in [0.29, 0.717) is 11.7 Å². The van der Waals surface area contributed by atoms with Gasteiger partial charge in [0, 0.05) is 0 Å². The van der Waals surface area contributed by atoms with E-state index in [9.17, 15) is 4.79 Å². The van der Waals surface area contributed by atoms with Gasteiger partial charge < -0.3 is 10.6 Å². The molecule has 3 rings (SSSR count). The number of para-hydroxylation sites is 1. The van der Waals surface area contributed by atoms with Crippen molar-refractivity contribution in [2.45, 2.75) is 12.8 Å². The molecule has 1 aromatic heterocycles. The number of carbonyl (C=O) groups is 1. The Morgan fingerprint density at radius 3 is 2.86 bits per heavy atom. The molecule has 6 heteroatoms. The normalized spacial score (nSPS) is 17.0. The Balaban J connectivity index is 1.50. The van der Waals surface area contributed by atoms with Crippen LogP contribution >= 0.6 is 11.3 Å². The van der Waals surface area contributed by atoms with Crippen molar-refractivity contribution in [1.29, 1.82) is 0 Å². The minimum Gasteiger partial charge on any atom is -0.319 e. The number of hydrogen-bond acceptors (Lipinski definition) is 5.